The SMILES string of the molecule is c1ccc2sc(CN3CCO[C@H](c4cnccn4)C3)cc2c1. The first-order valence-electron chi connectivity index (χ1n) is 7.46. The Morgan fingerprint density at radius 2 is 2.23 bits per heavy atom. The van der Waals surface area contributed by atoms with E-state index < -0.39 is 0 Å². The molecule has 4 nitrogen and oxygen atoms in total. The standard InChI is InChI=1S/C17H17N3OS/c1-2-4-17-13(3-1)9-14(22-17)11-20-7-8-21-16(12-20)15-10-18-5-6-19-15/h1-6,9-10,16H,7-8,11-12H2/t16-/m0/s1. The maximum Gasteiger partial charge on any atom is 0.114 e. The summed E-state index contributed by atoms with van der Waals surface area (Å²) >= 11 is 1.88. The lowest BCUT2D eigenvalue weighted by Crippen LogP contribution is -2.37. The van der Waals surface area contributed by atoms with E-state index in [2.05, 4.69) is 45.2 Å². The molecule has 1 atom stereocenters. The maximum atomic E-state index is 5.85. The van der Waals surface area contributed by atoms with Crippen LogP contribution in [0.25, 0.3) is 10.1 Å². The van der Waals surface area contributed by atoms with Gasteiger partial charge in [0.25, 0.3) is 0 Å². The van der Waals surface area contributed by atoms with E-state index in [1.54, 1.807) is 18.6 Å². The van der Waals surface area contributed by atoms with Crippen LogP contribution in [0.4, 0.5) is 0 Å². The summed E-state index contributed by atoms with van der Waals surface area (Å²) in [4.78, 5) is 12.3. The molecule has 5 heteroatoms. The molecule has 3 aromatic rings. The molecule has 3 heterocycles. The van der Waals surface area contributed by atoms with Gasteiger partial charge in [-0.15, -0.1) is 11.3 Å². The normalized spacial score (nSPS) is 19.5. The third-order valence-corrected chi connectivity index (χ3v) is 5.02. The van der Waals surface area contributed by atoms with Gasteiger partial charge in [-0.25, -0.2) is 0 Å². The van der Waals surface area contributed by atoms with E-state index in [4.69, 9.17) is 4.74 Å². The summed E-state index contributed by atoms with van der Waals surface area (Å²) in [6, 6.07) is 10.9. The first-order chi connectivity index (χ1) is 10.9. The molecule has 0 N–H and O–H groups in total. The Morgan fingerprint density at radius 1 is 1.27 bits per heavy atom. The van der Waals surface area contributed by atoms with Gasteiger partial charge in [0.15, 0.2) is 0 Å². The van der Waals surface area contributed by atoms with E-state index in [1.165, 1.54) is 15.0 Å². The second-order valence-electron chi connectivity index (χ2n) is 5.48. The smallest absolute Gasteiger partial charge is 0.114 e. The van der Waals surface area contributed by atoms with Crippen molar-refractivity contribution >= 4 is 21.4 Å². The molecule has 0 amide bonds. The first-order valence-corrected chi connectivity index (χ1v) is 8.27. The van der Waals surface area contributed by atoms with Gasteiger partial charge >= 0.3 is 0 Å². The van der Waals surface area contributed by atoms with Crippen LogP contribution in [0.5, 0.6) is 0 Å². The first kappa shape index (κ1) is 13.8. The minimum absolute atomic E-state index is 0.0248. The molecule has 0 radical (unpaired) electrons. The van der Waals surface area contributed by atoms with Gasteiger partial charge in [-0.1, -0.05) is 18.2 Å². The van der Waals surface area contributed by atoms with Crippen molar-refractivity contribution in [1.29, 1.82) is 0 Å². The third-order valence-electron chi connectivity index (χ3n) is 3.92. The Labute approximate surface area is 133 Å². The Morgan fingerprint density at radius 3 is 3.09 bits per heavy atom. The number of benzene rings is 1. The predicted molar refractivity (Wildman–Crippen MR) is 87.8 cm³/mol. The van der Waals surface area contributed by atoms with Gasteiger partial charge in [0.05, 0.1) is 18.5 Å². The molecule has 1 saturated heterocycles. The number of hydrogen-bond acceptors (Lipinski definition) is 5. The lowest BCUT2D eigenvalue weighted by atomic mass is 10.2. The lowest BCUT2D eigenvalue weighted by molar-refractivity contribution is -0.0348. The highest BCUT2D eigenvalue weighted by atomic mass is 32.1. The Bertz CT molecular complexity index is 726. The Hall–Kier alpha value is -1.82. The van der Waals surface area contributed by atoms with Gasteiger partial charge in [-0.05, 0) is 17.5 Å². The van der Waals surface area contributed by atoms with Crippen LogP contribution in [-0.4, -0.2) is 34.6 Å². The Balaban J connectivity index is 1.48. The minimum atomic E-state index is 0.0248. The number of rotatable bonds is 3. The fraction of sp³-hybridized carbons (Fsp3) is 0.294. The number of morpholine rings is 1. The van der Waals surface area contributed by atoms with Crippen molar-refractivity contribution in [2.24, 2.45) is 0 Å². The van der Waals surface area contributed by atoms with Crippen LogP contribution in [0, 0.1) is 0 Å². The third kappa shape index (κ3) is 2.88. The summed E-state index contributed by atoms with van der Waals surface area (Å²) in [5, 5.41) is 1.33. The van der Waals surface area contributed by atoms with Crippen molar-refractivity contribution in [1.82, 2.24) is 14.9 Å². The molecule has 1 aromatic carbocycles. The van der Waals surface area contributed by atoms with E-state index in [0.717, 1.165) is 31.9 Å². The fourth-order valence-electron chi connectivity index (χ4n) is 2.84. The molecule has 1 aliphatic rings. The summed E-state index contributed by atoms with van der Waals surface area (Å²) in [6.07, 6.45) is 5.25. The van der Waals surface area contributed by atoms with E-state index in [9.17, 15) is 0 Å². The summed E-state index contributed by atoms with van der Waals surface area (Å²) in [7, 11) is 0. The fourth-order valence-corrected chi connectivity index (χ4v) is 3.94. The van der Waals surface area contributed by atoms with E-state index >= 15 is 0 Å². The molecule has 1 aliphatic heterocycles. The summed E-state index contributed by atoms with van der Waals surface area (Å²) in [5.41, 5.74) is 0.920. The molecule has 0 aliphatic carbocycles. The average molecular weight is 311 g/mol. The van der Waals surface area contributed by atoms with E-state index in [-0.39, 0.29) is 6.10 Å². The van der Waals surface area contributed by atoms with Gasteiger partial charge in [-0.3, -0.25) is 14.9 Å². The van der Waals surface area contributed by atoms with Gasteiger partial charge in [-0.2, -0.15) is 0 Å². The molecule has 4 rings (SSSR count). The van der Waals surface area contributed by atoms with Gasteiger partial charge < -0.3 is 4.74 Å². The molecule has 0 bridgehead atoms. The second-order valence-corrected chi connectivity index (χ2v) is 6.64. The molecule has 0 spiro atoms. The van der Waals surface area contributed by atoms with Crippen molar-refractivity contribution in [2.45, 2.75) is 12.6 Å². The van der Waals surface area contributed by atoms with E-state index in [0.29, 0.717) is 0 Å². The number of hydrogen-bond donors (Lipinski definition) is 0. The number of ether oxygens (including phenoxy) is 1. The number of fused-ring (bicyclic) bond motifs is 1. The Kier molecular flexibility index (Phi) is 3.84. The van der Waals surface area contributed by atoms with Crippen LogP contribution in [-0.2, 0) is 11.3 Å². The van der Waals surface area contributed by atoms with Crippen LogP contribution >= 0.6 is 11.3 Å². The highest BCUT2D eigenvalue weighted by Gasteiger charge is 2.23. The van der Waals surface area contributed by atoms with Crippen LogP contribution in [0.3, 0.4) is 0 Å². The van der Waals surface area contributed by atoms with Crippen molar-refractivity contribution in [3.63, 3.8) is 0 Å². The van der Waals surface area contributed by atoms with Crippen molar-refractivity contribution < 1.29 is 4.74 Å². The average Bonchev–Trinajstić information content (AvgIpc) is 2.98. The van der Waals surface area contributed by atoms with Crippen molar-refractivity contribution in [2.75, 3.05) is 19.7 Å². The highest BCUT2D eigenvalue weighted by molar-refractivity contribution is 7.19. The van der Waals surface area contributed by atoms with Crippen LogP contribution in [0.1, 0.15) is 16.7 Å². The molecule has 0 unspecified atom stereocenters. The van der Waals surface area contributed by atoms with Gasteiger partial charge in [0.2, 0.25) is 0 Å². The van der Waals surface area contributed by atoms with Crippen LogP contribution in [0.2, 0.25) is 0 Å². The predicted octanol–water partition coefficient (Wildman–Crippen LogP) is 3.26. The second kappa shape index (κ2) is 6.12. The summed E-state index contributed by atoms with van der Waals surface area (Å²) in [6.45, 7) is 3.55. The molecule has 112 valence electrons. The molecule has 1 fully saturated rings. The number of thiophene rings is 1. The molecular weight excluding hydrogens is 294 g/mol. The summed E-state index contributed by atoms with van der Waals surface area (Å²) in [5.74, 6) is 0. The van der Waals surface area contributed by atoms with Crippen LogP contribution < -0.4 is 0 Å². The molecule has 0 saturated carbocycles. The lowest BCUT2D eigenvalue weighted by Gasteiger charge is -2.32. The van der Waals surface area contributed by atoms with E-state index in [1.807, 2.05) is 11.3 Å². The van der Waals surface area contributed by atoms with Gasteiger partial charge in [0, 0.05) is 41.6 Å². The highest BCUT2D eigenvalue weighted by Crippen LogP contribution is 2.28. The minimum Gasteiger partial charge on any atom is -0.369 e. The molecular formula is C17H17N3OS. The quantitative estimate of drug-likeness (QED) is 0.744. The number of aromatic nitrogens is 2. The van der Waals surface area contributed by atoms with Gasteiger partial charge in [0.1, 0.15) is 6.10 Å². The number of nitrogens with zero attached hydrogens (tertiary/aromatic N) is 3. The zero-order valence-corrected chi connectivity index (χ0v) is 13.0. The van der Waals surface area contributed by atoms with Crippen molar-refractivity contribution in [3.8, 4) is 0 Å². The molecule has 22 heavy (non-hydrogen) atoms. The zero-order chi connectivity index (χ0) is 14.8. The van der Waals surface area contributed by atoms with Crippen LogP contribution in [0.15, 0.2) is 48.9 Å². The zero-order valence-electron chi connectivity index (χ0n) is 12.2. The topological polar surface area (TPSA) is 38.2 Å². The summed E-state index contributed by atoms with van der Waals surface area (Å²) < 4.78 is 7.21. The molecule has 2 aromatic heterocycles. The monoisotopic (exact) mass is 311 g/mol. The maximum absolute atomic E-state index is 5.85. The van der Waals surface area contributed by atoms with Crippen molar-refractivity contribution in [3.05, 3.63) is 59.5 Å². The largest absolute Gasteiger partial charge is 0.369 e.